The minimum atomic E-state index is -1.28. The maximum atomic E-state index is 13.7. The molecule has 6 heteroatoms. The number of aliphatic hydroxyl groups excluding tert-OH is 1. The summed E-state index contributed by atoms with van der Waals surface area (Å²) in [5.74, 6) is -3.43. The number of nitrogens with two attached hydrogens (primary N) is 1. The highest BCUT2D eigenvalue weighted by molar-refractivity contribution is 5.24. The molecule has 1 unspecified atom stereocenters. The van der Waals surface area contributed by atoms with Crippen molar-refractivity contribution in [3.63, 3.8) is 0 Å². The number of aliphatic hydroxyl groups is 1. The second-order valence-corrected chi connectivity index (χ2v) is 4.87. The van der Waals surface area contributed by atoms with E-state index in [1.54, 1.807) is 0 Å². The molecule has 106 valence electrons. The molecular formula is C13H16F3NO2. The Kier molecular flexibility index (Phi) is 4.13. The van der Waals surface area contributed by atoms with Crippen LogP contribution in [0.15, 0.2) is 12.1 Å². The normalized spacial score (nSPS) is 20.3. The van der Waals surface area contributed by atoms with Crippen LogP contribution in [-0.4, -0.2) is 24.9 Å². The van der Waals surface area contributed by atoms with E-state index in [9.17, 15) is 18.3 Å². The molecule has 3 N–H and O–H groups in total. The Morgan fingerprint density at radius 3 is 2.32 bits per heavy atom. The molecule has 2 rings (SSSR count). The predicted molar refractivity (Wildman–Crippen MR) is 62.8 cm³/mol. The van der Waals surface area contributed by atoms with Crippen molar-refractivity contribution in [1.29, 1.82) is 0 Å². The molecule has 0 spiro atoms. The summed E-state index contributed by atoms with van der Waals surface area (Å²) in [6, 6.07) is 1.14. The Hall–Kier alpha value is -1.11. The Morgan fingerprint density at radius 1 is 1.16 bits per heavy atom. The summed E-state index contributed by atoms with van der Waals surface area (Å²) in [6.45, 7) is 0.926. The molecule has 0 aliphatic carbocycles. The second-order valence-electron chi connectivity index (χ2n) is 4.87. The first-order chi connectivity index (χ1) is 9.00. The molecule has 0 bridgehead atoms. The van der Waals surface area contributed by atoms with Crippen molar-refractivity contribution in [3.05, 3.63) is 35.1 Å². The van der Waals surface area contributed by atoms with E-state index in [1.165, 1.54) is 0 Å². The van der Waals surface area contributed by atoms with Crippen LogP contribution in [0.2, 0.25) is 0 Å². The van der Waals surface area contributed by atoms with Crippen molar-refractivity contribution >= 4 is 0 Å². The number of ether oxygens (including phenoxy) is 1. The first kappa shape index (κ1) is 14.3. The quantitative estimate of drug-likeness (QED) is 0.828. The first-order valence-electron chi connectivity index (χ1n) is 6.10. The fraction of sp³-hybridized carbons (Fsp3) is 0.538. The smallest absolute Gasteiger partial charge is 0.161 e. The van der Waals surface area contributed by atoms with Crippen molar-refractivity contribution in [2.45, 2.75) is 18.9 Å². The minimum Gasteiger partial charge on any atom is -0.388 e. The SMILES string of the molecule is NCC1(C(O)c2cc(F)c(F)cc2F)CCOCC1. The Balaban J connectivity index is 2.37. The van der Waals surface area contributed by atoms with Gasteiger partial charge in [-0.3, -0.25) is 0 Å². The number of halogens is 3. The van der Waals surface area contributed by atoms with E-state index in [1.807, 2.05) is 0 Å². The molecule has 1 fully saturated rings. The Morgan fingerprint density at radius 2 is 1.74 bits per heavy atom. The van der Waals surface area contributed by atoms with Gasteiger partial charge in [0.05, 0.1) is 6.10 Å². The lowest BCUT2D eigenvalue weighted by atomic mass is 9.73. The summed E-state index contributed by atoms with van der Waals surface area (Å²) in [4.78, 5) is 0. The van der Waals surface area contributed by atoms with E-state index in [2.05, 4.69) is 0 Å². The topological polar surface area (TPSA) is 55.5 Å². The van der Waals surface area contributed by atoms with Gasteiger partial charge < -0.3 is 15.6 Å². The second kappa shape index (κ2) is 5.48. The molecule has 1 aliphatic heterocycles. The molecule has 1 atom stereocenters. The fourth-order valence-corrected chi connectivity index (χ4v) is 2.44. The minimum absolute atomic E-state index is 0.121. The molecular weight excluding hydrogens is 259 g/mol. The summed E-state index contributed by atoms with van der Waals surface area (Å²) in [5, 5.41) is 10.3. The van der Waals surface area contributed by atoms with Crippen molar-refractivity contribution in [2.24, 2.45) is 11.1 Å². The molecule has 1 aromatic rings. The summed E-state index contributed by atoms with van der Waals surface area (Å²) in [7, 11) is 0. The van der Waals surface area contributed by atoms with Crippen LogP contribution in [0, 0.1) is 22.9 Å². The maximum Gasteiger partial charge on any atom is 0.161 e. The fourth-order valence-electron chi connectivity index (χ4n) is 2.44. The standard InChI is InChI=1S/C13H16F3NO2/c14-9-6-11(16)10(15)5-8(9)12(18)13(7-17)1-3-19-4-2-13/h5-6,12,18H,1-4,7,17H2. The third-order valence-electron chi connectivity index (χ3n) is 3.81. The zero-order valence-corrected chi connectivity index (χ0v) is 10.3. The average Bonchev–Trinajstić information content (AvgIpc) is 2.43. The van der Waals surface area contributed by atoms with Crippen molar-refractivity contribution in [3.8, 4) is 0 Å². The van der Waals surface area contributed by atoms with Crippen molar-refractivity contribution in [1.82, 2.24) is 0 Å². The zero-order chi connectivity index (χ0) is 14.0. The van der Waals surface area contributed by atoms with Gasteiger partial charge in [0.15, 0.2) is 11.6 Å². The van der Waals surface area contributed by atoms with Crippen LogP contribution in [0.25, 0.3) is 0 Å². The van der Waals surface area contributed by atoms with Crippen molar-refractivity contribution < 1.29 is 23.0 Å². The summed E-state index contributed by atoms with van der Waals surface area (Å²) in [5.41, 5.74) is 4.67. The zero-order valence-electron chi connectivity index (χ0n) is 10.3. The molecule has 1 aliphatic rings. The molecule has 1 saturated heterocycles. The van der Waals surface area contributed by atoms with Gasteiger partial charge in [-0.1, -0.05) is 0 Å². The lowest BCUT2D eigenvalue weighted by Gasteiger charge is -2.40. The van der Waals surface area contributed by atoms with E-state index in [-0.39, 0.29) is 12.1 Å². The lowest BCUT2D eigenvalue weighted by molar-refractivity contribution is -0.0595. The molecule has 1 heterocycles. The van der Waals surface area contributed by atoms with Gasteiger partial charge in [-0.15, -0.1) is 0 Å². The van der Waals surface area contributed by atoms with Crippen LogP contribution in [0.1, 0.15) is 24.5 Å². The highest BCUT2D eigenvalue weighted by atomic mass is 19.2. The number of hydrogen-bond donors (Lipinski definition) is 2. The van der Waals surface area contributed by atoms with Gasteiger partial charge in [0.1, 0.15) is 5.82 Å². The molecule has 19 heavy (non-hydrogen) atoms. The predicted octanol–water partition coefficient (Wildman–Crippen LogP) is 1.89. The van der Waals surface area contributed by atoms with Crippen LogP contribution in [0.3, 0.4) is 0 Å². The van der Waals surface area contributed by atoms with Crippen molar-refractivity contribution in [2.75, 3.05) is 19.8 Å². The van der Waals surface area contributed by atoms with E-state index < -0.39 is 29.0 Å². The van der Waals surface area contributed by atoms with Gasteiger partial charge in [-0.25, -0.2) is 13.2 Å². The van der Waals surface area contributed by atoms with Gasteiger partial charge in [-0.05, 0) is 18.9 Å². The Labute approximate surface area is 109 Å². The molecule has 0 amide bonds. The van der Waals surface area contributed by atoms with E-state index >= 15 is 0 Å². The first-order valence-corrected chi connectivity index (χ1v) is 6.10. The molecule has 1 aromatic carbocycles. The van der Waals surface area contributed by atoms with Gasteiger partial charge >= 0.3 is 0 Å². The molecule has 0 saturated carbocycles. The lowest BCUT2D eigenvalue weighted by Crippen LogP contribution is -2.42. The highest BCUT2D eigenvalue weighted by Crippen LogP contribution is 2.42. The van der Waals surface area contributed by atoms with Crippen LogP contribution in [-0.2, 0) is 4.74 Å². The van der Waals surface area contributed by atoms with Crippen LogP contribution in [0.5, 0.6) is 0 Å². The van der Waals surface area contributed by atoms with Crippen LogP contribution < -0.4 is 5.73 Å². The molecule has 0 aromatic heterocycles. The highest BCUT2D eigenvalue weighted by Gasteiger charge is 2.40. The van der Waals surface area contributed by atoms with Gasteiger partial charge in [-0.2, -0.15) is 0 Å². The number of rotatable bonds is 3. The van der Waals surface area contributed by atoms with Crippen LogP contribution in [0.4, 0.5) is 13.2 Å². The van der Waals surface area contributed by atoms with Gasteiger partial charge in [0, 0.05) is 36.8 Å². The van der Waals surface area contributed by atoms with Gasteiger partial charge in [0.25, 0.3) is 0 Å². The Bertz CT molecular complexity index is 461. The maximum absolute atomic E-state index is 13.7. The summed E-state index contributed by atoms with van der Waals surface area (Å²) >= 11 is 0. The number of hydrogen-bond acceptors (Lipinski definition) is 3. The summed E-state index contributed by atoms with van der Waals surface area (Å²) < 4.78 is 45.0. The molecule has 3 nitrogen and oxygen atoms in total. The van der Waals surface area contributed by atoms with E-state index in [4.69, 9.17) is 10.5 Å². The van der Waals surface area contributed by atoms with E-state index in [0.717, 1.165) is 0 Å². The third kappa shape index (κ3) is 2.61. The monoisotopic (exact) mass is 275 g/mol. The van der Waals surface area contributed by atoms with Crippen LogP contribution >= 0.6 is 0 Å². The number of benzene rings is 1. The third-order valence-corrected chi connectivity index (χ3v) is 3.81. The largest absolute Gasteiger partial charge is 0.388 e. The molecule has 0 radical (unpaired) electrons. The van der Waals surface area contributed by atoms with E-state index in [0.29, 0.717) is 38.2 Å². The summed E-state index contributed by atoms with van der Waals surface area (Å²) in [6.07, 6.45) is -0.386. The average molecular weight is 275 g/mol. The van der Waals surface area contributed by atoms with Gasteiger partial charge in [0.2, 0.25) is 0 Å².